The van der Waals surface area contributed by atoms with Gasteiger partial charge in [0, 0.05) is 11.3 Å². The molecule has 1 unspecified atom stereocenters. The molecule has 1 atom stereocenters. The van der Waals surface area contributed by atoms with Crippen LogP contribution < -0.4 is 5.32 Å². The summed E-state index contributed by atoms with van der Waals surface area (Å²) in [5, 5.41) is 12.4. The highest BCUT2D eigenvalue weighted by Crippen LogP contribution is 2.13. The second kappa shape index (κ2) is 5.47. The minimum atomic E-state index is -0.802. The smallest absolute Gasteiger partial charge is 0.253 e. The minimum absolute atomic E-state index is 0.0194. The summed E-state index contributed by atoms with van der Waals surface area (Å²) < 4.78 is 0. The summed E-state index contributed by atoms with van der Waals surface area (Å²) in [7, 11) is 0. The van der Waals surface area contributed by atoms with Crippen LogP contribution in [-0.4, -0.2) is 17.1 Å². The summed E-state index contributed by atoms with van der Waals surface area (Å²) in [5.41, 5.74) is 0.892. The Morgan fingerprint density at radius 2 is 1.88 bits per heavy atom. The predicted molar refractivity (Wildman–Crippen MR) is 65.1 cm³/mol. The molecule has 0 spiro atoms. The van der Waals surface area contributed by atoms with E-state index in [9.17, 15) is 9.90 Å². The molecule has 0 aliphatic carbocycles. The van der Waals surface area contributed by atoms with Crippen molar-refractivity contribution in [2.24, 2.45) is 5.92 Å². The van der Waals surface area contributed by atoms with Gasteiger partial charge in [0.05, 0.1) is 6.10 Å². The number of hydrogen-bond donors (Lipinski definition) is 2. The number of para-hydroxylation sites is 1. The SMILES string of the molecule is C=C(C(=O)Nc1ccccc1)C(O)C(C)C. The normalized spacial score (nSPS) is 12.2. The maximum absolute atomic E-state index is 11.7. The van der Waals surface area contributed by atoms with Crippen LogP contribution in [0.2, 0.25) is 0 Å². The fourth-order valence-electron chi connectivity index (χ4n) is 1.27. The monoisotopic (exact) mass is 219 g/mol. The lowest BCUT2D eigenvalue weighted by Gasteiger charge is -2.16. The van der Waals surface area contributed by atoms with Gasteiger partial charge in [0.15, 0.2) is 0 Å². The highest BCUT2D eigenvalue weighted by atomic mass is 16.3. The van der Waals surface area contributed by atoms with Gasteiger partial charge in [-0.2, -0.15) is 0 Å². The average Bonchev–Trinajstić information content (AvgIpc) is 2.28. The van der Waals surface area contributed by atoms with Crippen LogP contribution in [0, 0.1) is 5.92 Å². The molecule has 86 valence electrons. The highest BCUT2D eigenvalue weighted by molar-refractivity contribution is 6.03. The highest BCUT2D eigenvalue weighted by Gasteiger charge is 2.19. The Bertz CT molecular complexity index is 371. The summed E-state index contributed by atoms with van der Waals surface area (Å²) >= 11 is 0. The quantitative estimate of drug-likeness (QED) is 0.763. The van der Waals surface area contributed by atoms with Crippen molar-refractivity contribution >= 4 is 11.6 Å². The van der Waals surface area contributed by atoms with E-state index >= 15 is 0 Å². The zero-order chi connectivity index (χ0) is 12.1. The van der Waals surface area contributed by atoms with Gasteiger partial charge in [-0.05, 0) is 18.1 Å². The Balaban J connectivity index is 2.63. The molecule has 0 fully saturated rings. The van der Waals surface area contributed by atoms with Gasteiger partial charge < -0.3 is 10.4 Å². The van der Waals surface area contributed by atoms with Crippen LogP contribution in [-0.2, 0) is 4.79 Å². The second-order valence-corrected chi connectivity index (χ2v) is 4.03. The molecular formula is C13H17NO2. The average molecular weight is 219 g/mol. The van der Waals surface area contributed by atoms with Crippen molar-refractivity contribution < 1.29 is 9.90 Å². The summed E-state index contributed by atoms with van der Waals surface area (Å²) in [6, 6.07) is 9.10. The molecule has 0 radical (unpaired) electrons. The van der Waals surface area contributed by atoms with Crippen LogP contribution in [0.3, 0.4) is 0 Å². The Kier molecular flexibility index (Phi) is 4.26. The summed E-state index contributed by atoms with van der Waals surface area (Å²) in [4.78, 5) is 11.7. The van der Waals surface area contributed by atoms with E-state index < -0.39 is 6.10 Å². The Morgan fingerprint density at radius 3 is 2.38 bits per heavy atom. The molecule has 0 saturated heterocycles. The van der Waals surface area contributed by atoms with Crippen LogP contribution >= 0.6 is 0 Å². The van der Waals surface area contributed by atoms with Crippen molar-refractivity contribution in [2.75, 3.05) is 5.32 Å². The molecule has 0 aliphatic rings. The number of hydrogen-bond acceptors (Lipinski definition) is 2. The Morgan fingerprint density at radius 1 is 1.31 bits per heavy atom. The van der Waals surface area contributed by atoms with Gasteiger partial charge >= 0.3 is 0 Å². The molecule has 2 N–H and O–H groups in total. The van der Waals surface area contributed by atoms with E-state index in [4.69, 9.17) is 0 Å². The number of aliphatic hydroxyl groups excluding tert-OH is 1. The fraction of sp³-hybridized carbons (Fsp3) is 0.308. The molecule has 1 rings (SSSR count). The van der Waals surface area contributed by atoms with Gasteiger partial charge in [-0.3, -0.25) is 4.79 Å². The van der Waals surface area contributed by atoms with Crippen molar-refractivity contribution in [1.29, 1.82) is 0 Å². The zero-order valence-corrected chi connectivity index (χ0v) is 9.60. The first kappa shape index (κ1) is 12.5. The van der Waals surface area contributed by atoms with E-state index in [-0.39, 0.29) is 17.4 Å². The molecule has 3 heteroatoms. The lowest BCUT2D eigenvalue weighted by Crippen LogP contribution is -2.26. The number of carbonyl (C=O) groups is 1. The summed E-state index contributed by atoms with van der Waals surface area (Å²) in [6.45, 7) is 7.29. The molecule has 0 bridgehead atoms. The van der Waals surface area contributed by atoms with E-state index in [0.717, 1.165) is 0 Å². The van der Waals surface area contributed by atoms with Crippen molar-refractivity contribution in [3.05, 3.63) is 42.5 Å². The molecule has 0 aromatic heterocycles. The second-order valence-electron chi connectivity index (χ2n) is 4.03. The van der Waals surface area contributed by atoms with Gasteiger partial charge in [-0.25, -0.2) is 0 Å². The van der Waals surface area contributed by atoms with Gasteiger partial charge in [0.1, 0.15) is 0 Å². The maximum atomic E-state index is 11.7. The maximum Gasteiger partial charge on any atom is 0.253 e. The third kappa shape index (κ3) is 3.21. The van der Waals surface area contributed by atoms with Crippen molar-refractivity contribution in [3.8, 4) is 0 Å². The lowest BCUT2D eigenvalue weighted by atomic mass is 10.00. The fourth-order valence-corrected chi connectivity index (χ4v) is 1.27. The zero-order valence-electron chi connectivity index (χ0n) is 9.60. The molecule has 1 amide bonds. The third-order valence-corrected chi connectivity index (χ3v) is 2.31. The Hall–Kier alpha value is -1.61. The molecular weight excluding hydrogens is 202 g/mol. The summed E-state index contributed by atoms with van der Waals surface area (Å²) in [6.07, 6.45) is -0.802. The van der Waals surface area contributed by atoms with Gasteiger partial charge in [0.2, 0.25) is 0 Å². The first-order valence-electron chi connectivity index (χ1n) is 5.25. The van der Waals surface area contributed by atoms with Crippen molar-refractivity contribution in [2.45, 2.75) is 20.0 Å². The van der Waals surface area contributed by atoms with Crippen LogP contribution in [0.4, 0.5) is 5.69 Å². The topological polar surface area (TPSA) is 49.3 Å². The van der Waals surface area contributed by atoms with E-state index in [1.165, 1.54) is 0 Å². The Labute approximate surface area is 95.8 Å². The van der Waals surface area contributed by atoms with Crippen LogP contribution in [0.1, 0.15) is 13.8 Å². The summed E-state index contributed by atoms with van der Waals surface area (Å²) in [5.74, 6) is -0.360. The molecule has 16 heavy (non-hydrogen) atoms. The minimum Gasteiger partial charge on any atom is -0.388 e. The van der Waals surface area contributed by atoms with E-state index in [0.29, 0.717) is 5.69 Å². The molecule has 1 aromatic rings. The lowest BCUT2D eigenvalue weighted by molar-refractivity contribution is -0.114. The first-order chi connectivity index (χ1) is 7.52. The van der Waals surface area contributed by atoms with E-state index in [1.54, 1.807) is 12.1 Å². The van der Waals surface area contributed by atoms with Crippen LogP contribution in [0.25, 0.3) is 0 Å². The van der Waals surface area contributed by atoms with Crippen molar-refractivity contribution in [3.63, 3.8) is 0 Å². The standard InChI is InChI=1S/C13H17NO2/c1-9(2)12(15)10(3)13(16)14-11-7-5-4-6-8-11/h4-9,12,15H,3H2,1-2H3,(H,14,16). The first-order valence-corrected chi connectivity index (χ1v) is 5.25. The van der Waals surface area contributed by atoms with E-state index in [1.807, 2.05) is 32.0 Å². The predicted octanol–water partition coefficient (Wildman–Crippen LogP) is 2.20. The number of benzene rings is 1. The van der Waals surface area contributed by atoms with Gasteiger partial charge in [-0.15, -0.1) is 0 Å². The molecule has 0 saturated carbocycles. The van der Waals surface area contributed by atoms with E-state index in [2.05, 4.69) is 11.9 Å². The van der Waals surface area contributed by atoms with Crippen molar-refractivity contribution in [1.82, 2.24) is 0 Å². The third-order valence-electron chi connectivity index (χ3n) is 2.31. The largest absolute Gasteiger partial charge is 0.388 e. The van der Waals surface area contributed by atoms with Crippen LogP contribution in [0.5, 0.6) is 0 Å². The number of aliphatic hydroxyl groups is 1. The number of carbonyl (C=O) groups excluding carboxylic acids is 1. The number of anilines is 1. The van der Waals surface area contributed by atoms with Gasteiger partial charge in [-0.1, -0.05) is 38.6 Å². The number of rotatable bonds is 4. The number of amides is 1. The molecule has 0 aliphatic heterocycles. The van der Waals surface area contributed by atoms with Gasteiger partial charge in [0.25, 0.3) is 5.91 Å². The molecule has 0 heterocycles. The number of nitrogens with one attached hydrogen (secondary N) is 1. The molecule has 1 aromatic carbocycles. The molecule has 3 nitrogen and oxygen atoms in total. The van der Waals surface area contributed by atoms with Crippen LogP contribution in [0.15, 0.2) is 42.5 Å².